The van der Waals surface area contributed by atoms with E-state index in [2.05, 4.69) is 15.9 Å². The summed E-state index contributed by atoms with van der Waals surface area (Å²) < 4.78 is 8.53. The van der Waals surface area contributed by atoms with Crippen LogP contribution in [0.15, 0.2) is 70.4 Å². The van der Waals surface area contributed by atoms with Gasteiger partial charge in [0.2, 0.25) is 0 Å². The van der Waals surface area contributed by atoms with E-state index in [0.29, 0.717) is 18.7 Å². The molecule has 1 saturated heterocycles. The van der Waals surface area contributed by atoms with Crippen LogP contribution in [0.1, 0.15) is 17.5 Å². The first-order valence-corrected chi connectivity index (χ1v) is 11.5. The molecule has 1 aliphatic rings. The summed E-state index contributed by atoms with van der Waals surface area (Å²) in [7, 11) is 1.70. The van der Waals surface area contributed by atoms with E-state index in [0.717, 1.165) is 56.1 Å². The monoisotopic (exact) mass is 448 g/mol. The highest BCUT2D eigenvalue weighted by atomic mass is 16.5. The van der Waals surface area contributed by atoms with Crippen LogP contribution in [0.4, 0.5) is 5.69 Å². The summed E-state index contributed by atoms with van der Waals surface area (Å²) in [5, 5.41) is 0. The summed E-state index contributed by atoms with van der Waals surface area (Å²) >= 11 is 0. The number of piperazine rings is 1. The minimum atomic E-state index is -0.240. The predicted octanol–water partition coefficient (Wildman–Crippen LogP) is 2.59. The van der Waals surface area contributed by atoms with Gasteiger partial charge in [-0.25, -0.2) is 4.79 Å². The SMILES string of the molecule is COc1ccccc1N1CCN(CCCn2c(=O)c(C)cn(Cc3ccccc3)c2=O)CC1. The van der Waals surface area contributed by atoms with Crippen molar-refractivity contribution in [3.8, 4) is 5.75 Å². The molecule has 174 valence electrons. The van der Waals surface area contributed by atoms with Gasteiger partial charge in [-0.3, -0.25) is 18.8 Å². The van der Waals surface area contributed by atoms with E-state index in [1.165, 1.54) is 4.57 Å². The molecule has 2 aromatic carbocycles. The minimum absolute atomic E-state index is 0.190. The normalized spacial score (nSPS) is 14.4. The molecule has 0 radical (unpaired) electrons. The zero-order valence-corrected chi connectivity index (χ0v) is 19.4. The average molecular weight is 449 g/mol. The third kappa shape index (κ3) is 5.37. The van der Waals surface area contributed by atoms with Gasteiger partial charge in [0.25, 0.3) is 5.56 Å². The quantitative estimate of drug-likeness (QED) is 0.530. The first-order valence-electron chi connectivity index (χ1n) is 11.5. The molecule has 0 amide bonds. The number of para-hydroxylation sites is 2. The van der Waals surface area contributed by atoms with E-state index >= 15 is 0 Å². The summed E-state index contributed by atoms with van der Waals surface area (Å²) in [6, 6.07) is 17.9. The van der Waals surface area contributed by atoms with Crippen LogP contribution in [0.25, 0.3) is 0 Å². The third-order valence-corrected chi connectivity index (χ3v) is 6.26. The van der Waals surface area contributed by atoms with Gasteiger partial charge in [-0.2, -0.15) is 0 Å². The Bertz CT molecular complexity index is 1180. The van der Waals surface area contributed by atoms with E-state index in [-0.39, 0.29) is 11.2 Å². The maximum absolute atomic E-state index is 13.0. The molecule has 0 atom stereocenters. The lowest BCUT2D eigenvalue weighted by atomic mass is 10.2. The molecule has 4 rings (SSSR count). The van der Waals surface area contributed by atoms with E-state index in [4.69, 9.17) is 4.74 Å². The van der Waals surface area contributed by atoms with Crippen LogP contribution in [-0.2, 0) is 13.1 Å². The van der Waals surface area contributed by atoms with E-state index in [9.17, 15) is 9.59 Å². The number of ether oxygens (including phenoxy) is 1. The number of nitrogens with zero attached hydrogens (tertiary/aromatic N) is 4. The van der Waals surface area contributed by atoms with Gasteiger partial charge in [-0.15, -0.1) is 0 Å². The van der Waals surface area contributed by atoms with Crippen molar-refractivity contribution in [2.45, 2.75) is 26.4 Å². The second kappa shape index (κ2) is 10.5. The van der Waals surface area contributed by atoms with Crippen molar-refractivity contribution in [3.05, 3.63) is 92.8 Å². The fraction of sp³-hybridized carbons (Fsp3) is 0.385. The molecule has 3 aromatic rings. The second-order valence-corrected chi connectivity index (χ2v) is 8.52. The number of hydrogen-bond acceptors (Lipinski definition) is 5. The molecule has 0 unspecified atom stereocenters. The molecule has 1 aromatic heterocycles. The van der Waals surface area contributed by atoms with Crippen LogP contribution in [-0.4, -0.2) is 53.9 Å². The van der Waals surface area contributed by atoms with E-state index in [1.807, 2.05) is 48.5 Å². The number of aromatic nitrogens is 2. The highest BCUT2D eigenvalue weighted by Gasteiger charge is 2.19. The van der Waals surface area contributed by atoms with Crippen molar-refractivity contribution in [2.24, 2.45) is 0 Å². The Morgan fingerprint density at radius 3 is 2.30 bits per heavy atom. The highest BCUT2D eigenvalue weighted by Crippen LogP contribution is 2.28. The van der Waals surface area contributed by atoms with Gasteiger partial charge in [-0.1, -0.05) is 42.5 Å². The average Bonchev–Trinajstić information content (AvgIpc) is 2.85. The number of aryl methyl sites for hydroxylation is 1. The van der Waals surface area contributed by atoms with E-state index in [1.54, 1.807) is 24.8 Å². The molecule has 1 fully saturated rings. The molecule has 0 bridgehead atoms. The summed E-state index contributed by atoms with van der Waals surface area (Å²) in [5.41, 5.74) is 2.33. The first-order chi connectivity index (χ1) is 16.1. The highest BCUT2D eigenvalue weighted by molar-refractivity contribution is 5.58. The van der Waals surface area contributed by atoms with Crippen LogP contribution in [0.3, 0.4) is 0 Å². The number of benzene rings is 2. The van der Waals surface area contributed by atoms with Crippen LogP contribution >= 0.6 is 0 Å². The van der Waals surface area contributed by atoms with Crippen molar-refractivity contribution in [1.82, 2.24) is 14.0 Å². The van der Waals surface area contributed by atoms with Crippen molar-refractivity contribution in [2.75, 3.05) is 44.7 Å². The maximum atomic E-state index is 13.0. The van der Waals surface area contributed by atoms with Crippen molar-refractivity contribution < 1.29 is 4.74 Å². The lowest BCUT2D eigenvalue weighted by molar-refractivity contribution is 0.248. The molecule has 7 nitrogen and oxygen atoms in total. The molecule has 0 N–H and O–H groups in total. The van der Waals surface area contributed by atoms with Crippen molar-refractivity contribution in [3.63, 3.8) is 0 Å². The van der Waals surface area contributed by atoms with Crippen molar-refractivity contribution in [1.29, 1.82) is 0 Å². The standard InChI is InChI=1S/C26H32N4O3/c1-21-19-29(20-22-9-4-3-5-10-22)26(32)30(25(21)31)14-8-13-27-15-17-28(18-16-27)23-11-6-7-12-24(23)33-2/h3-7,9-12,19H,8,13-18,20H2,1-2H3. The topological polar surface area (TPSA) is 59.7 Å². The molecule has 2 heterocycles. The summed E-state index contributed by atoms with van der Waals surface area (Å²) in [6.07, 6.45) is 2.43. The van der Waals surface area contributed by atoms with Gasteiger partial charge < -0.3 is 9.64 Å². The van der Waals surface area contributed by atoms with Crippen LogP contribution in [0, 0.1) is 6.92 Å². The largest absolute Gasteiger partial charge is 0.495 e. The molecule has 1 aliphatic heterocycles. The minimum Gasteiger partial charge on any atom is -0.495 e. The molecule has 0 saturated carbocycles. The molecule has 0 aliphatic carbocycles. The van der Waals surface area contributed by atoms with Gasteiger partial charge >= 0.3 is 5.69 Å². The summed E-state index contributed by atoms with van der Waals surface area (Å²) in [6.45, 7) is 7.27. The number of methoxy groups -OCH3 is 1. The molecule has 7 heteroatoms. The summed E-state index contributed by atoms with van der Waals surface area (Å²) in [5.74, 6) is 0.900. The number of anilines is 1. The zero-order valence-electron chi connectivity index (χ0n) is 19.4. The first kappa shape index (κ1) is 22.9. The smallest absolute Gasteiger partial charge is 0.331 e. The fourth-order valence-corrected chi connectivity index (χ4v) is 4.45. The Hall–Kier alpha value is -3.32. The number of rotatable bonds is 8. The van der Waals surface area contributed by atoms with Crippen LogP contribution in [0.2, 0.25) is 0 Å². The number of hydrogen-bond donors (Lipinski definition) is 0. The predicted molar refractivity (Wildman–Crippen MR) is 132 cm³/mol. The lowest BCUT2D eigenvalue weighted by Crippen LogP contribution is -2.47. The van der Waals surface area contributed by atoms with Crippen molar-refractivity contribution >= 4 is 5.69 Å². The van der Waals surface area contributed by atoms with Crippen LogP contribution in [0.5, 0.6) is 5.75 Å². The van der Waals surface area contributed by atoms with Gasteiger partial charge in [0.1, 0.15) is 5.75 Å². The Balaban J connectivity index is 1.35. The van der Waals surface area contributed by atoms with Crippen LogP contribution < -0.4 is 20.9 Å². The molecular formula is C26H32N4O3. The second-order valence-electron chi connectivity index (χ2n) is 8.52. The Morgan fingerprint density at radius 2 is 1.58 bits per heavy atom. The lowest BCUT2D eigenvalue weighted by Gasteiger charge is -2.36. The zero-order chi connectivity index (χ0) is 23.2. The van der Waals surface area contributed by atoms with E-state index < -0.39 is 0 Å². The Morgan fingerprint density at radius 1 is 0.879 bits per heavy atom. The van der Waals surface area contributed by atoms with Gasteiger partial charge in [-0.05, 0) is 37.6 Å². The maximum Gasteiger partial charge on any atom is 0.331 e. The molecule has 0 spiro atoms. The Labute approximate surface area is 194 Å². The van der Waals surface area contributed by atoms with Gasteiger partial charge in [0.15, 0.2) is 0 Å². The Kier molecular flexibility index (Phi) is 7.29. The fourth-order valence-electron chi connectivity index (χ4n) is 4.45. The molecular weight excluding hydrogens is 416 g/mol. The third-order valence-electron chi connectivity index (χ3n) is 6.26. The summed E-state index contributed by atoms with van der Waals surface area (Å²) in [4.78, 5) is 30.4. The van der Waals surface area contributed by atoms with Gasteiger partial charge in [0.05, 0.1) is 19.3 Å². The van der Waals surface area contributed by atoms with Gasteiger partial charge in [0, 0.05) is 44.5 Å². The molecule has 33 heavy (non-hydrogen) atoms.